The maximum absolute atomic E-state index is 12.7. The molecule has 1 N–H and O–H groups in total. The van der Waals surface area contributed by atoms with Gasteiger partial charge in [0.05, 0.1) is 6.54 Å². The van der Waals surface area contributed by atoms with Gasteiger partial charge in [-0.15, -0.1) is 0 Å². The first kappa shape index (κ1) is 19.2. The molecule has 5 nitrogen and oxygen atoms in total. The molecule has 0 saturated carbocycles. The highest BCUT2D eigenvalue weighted by atomic mass is 79.9. The molecule has 3 aromatic rings. The fourth-order valence-electron chi connectivity index (χ4n) is 3.13. The zero-order valence-electron chi connectivity index (χ0n) is 16.0. The van der Waals surface area contributed by atoms with E-state index < -0.39 is 6.03 Å². The van der Waals surface area contributed by atoms with E-state index >= 15 is 0 Å². The van der Waals surface area contributed by atoms with E-state index in [2.05, 4.69) is 21.2 Å². The van der Waals surface area contributed by atoms with Crippen molar-refractivity contribution in [1.82, 2.24) is 10.2 Å². The number of hydrogen-bond acceptors (Lipinski definition) is 3. The number of halogens is 1. The number of urea groups is 1. The van der Waals surface area contributed by atoms with Crippen LogP contribution in [0.25, 0.3) is 17.4 Å². The number of aryl methyl sites for hydroxylation is 2. The molecule has 0 spiro atoms. The number of rotatable bonds is 4. The summed E-state index contributed by atoms with van der Waals surface area (Å²) >= 11 is 3.55. The second-order valence-electron chi connectivity index (χ2n) is 7.05. The monoisotopic (exact) mass is 450 g/mol. The van der Waals surface area contributed by atoms with Crippen LogP contribution >= 0.6 is 15.9 Å². The molecular formula is C23H19BrN2O3. The molecule has 1 saturated heterocycles. The van der Waals surface area contributed by atoms with E-state index in [1.165, 1.54) is 4.90 Å². The summed E-state index contributed by atoms with van der Waals surface area (Å²) in [6.45, 7) is 4.23. The van der Waals surface area contributed by atoms with Gasteiger partial charge in [0.15, 0.2) is 0 Å². The Kier molecular flexibility index (Phi) is 5.11. The molecular weight excluding hydrogens is 432 g/mol. The van der Waals surface area contributed by atoms with Gasteiger partial charge in [0.1, 0.15) is 17.2 Å². The summed E-state index contributed by atoms with van der Waals surface area (Å²) in [7, 11) is 0. The lowest BCUT2D eigenvalue weighted by Gasteiger charge is -2.11. The number of furan rings is 1. The standard InChI is InChI=1S/C23H19BrN2O3/c1-14-3-6-16(7-4-14)13-26-22(27)20(25-23(26)28)12-17-8-10-21(29-17)18-9-5-15(2)11-19(18)24/h3-12H,13H2,1-2H3,(H,25,28)/b20-12-. The fourth-order valence-corrected chi connectivity index (χ4v) is 3.82. The summed E-state index contributed by atoms with van der Waals surface area (Å²) in [6, 6.07) is 16.9. The highest BCUT2D eigenvalue weighted by Gasteiger charge is 2.33. The number of hydrogen-bond donors (Lipinski definition) is 1. The quantitative estimate of drug-likeness (QED) is 0.426. The van der Waals surface area contributed by atoms with Crippen molar-refractivity contribution < 1.29 is 14.0 Å². The largest absolute Gasteiger partial charge is 0.457 e. The molecule has 29 heavy (non-hydrogen) atoms. The maximum atomic E-state index is 12.7. The molecule has 2 heterocycles. The summed E-state index contributed by atoms with van der Waals surface area (Å²) in [5, 5.41) is 2.63. The van der Waals surface area contributed by atoms with Crippen molar-refractivity contribution in [3.05, 3.63) is 87.2 Å². The number of benzene rings is 2. The second kappa shape index (κ2) is 7.72. The Morgan fingerprint density at radius 3 is 2.45 bits per heavy atom. The average molecular weight is 451 g/mol. The van der Waals surface area contributed by atoms with Crippen molar-refractivity contribution in [2.24, 2.45) is 0 Å². The molecule has 6 heteroatoms. The summed E-state index contributed by atoms with van der Waals surface area (Å²) < 4.78 is 6.81. The Morgan fingerprint density at radius 2 is 1.72 bits per heavy atom. The molecule has 3 amide bonds. The Bertz CT molecular complexity index is 1130. The first-order chi connectivity index (χ1) is 13.9. The van der Waals surface area contributed by atoms with Crippen LogP contribution in [-0.2, 0) is 11.3 Å². The predicted molar refractivity (Wildman–Crippen MR) is 115 cm³/mol. The molecule has 1 aliphatic rings. The molecule has 146 valence electrons. The van der Waals surface area contributed by atoms with Gasteiger partial charge in [-0.3, -0.25) is 9.69 Å². The minimum Gasteiger partial charge on any atom is -0.457 e. The van der Waals surface area contributed by atoms with E-state index in [0.29, 0.717) is 11.5 Å². The van der Waals surface area contributed by atoms with Crippen LogP contribution < -0.4 is 5.32 Å². The first-order valence-corrected chi connectivity index (χ1v) is 9.96. The van der Waals surface area contributed by atoms with Gasteiger partial charge < -0.3 is 9.73 Å². The van der Waals surface area contributed by atoms with Gasteiger partial charge in [0, 0.05) is 16.1 Å². The van der Waals surface area contributed by atoms with Gasteiger partial charge >= 0.3 is 6.03 Å². The van der Waals surface area contributed by atoms with Crippen LogP contribution in [-0.4, -0.2) is 16.8 Å². The van der Waals surface area contributed by atoms with Gasteiger partial charge in [0.2, 0.25) is 0 Å². The first-order valence-electron chi connectivity index (χ1n) is 9.17. The van der Waals surface area contributed by atoms with E-state index in [-0.39, 0.29) is 18.1 Å². The zero-order valence-corrected chi connectivity index (χ0v) is 17.6. The van der Waals surface area contributed by atoms with E-state index in [1.54, 1.807) is 12.1 Å². The van der Waals surface area contributed by atoms with E-state index in [9.17, 15) is 9.59 Å². The Hall–Kier alpha value is -3.12. The van der Waals surface area contributed by atoms with E-state index in [0.717, 1.165) is 26.7 Å². The summed E-state index contributed by atoms with van der Waals surface area (Å²) in [4.78, 5) is 26.2. The van der Waals surface area contributed by atoms with Crippen molar-refractivity contribution in [3.63, 3.8) is 0 Å². The number of nitrogens with one attached hydrogen (secondary N) is 1. The SMILES string of the molecule is Cc1ccc(CN2C(=O)N/C(=C\c3ccc(-c4ccc(C)cc4Br)o3)C2=O)cc1. The Balaban J connectivity index is 1.54. The lowest BCUT2D eigenvalue weighted by molar-refractivity contribution is -0.123. The van der Waals surface area contributed by atoms with Crippen molar-refractivity contribution in [2.45, 2.75) is 20.4 Å². The minimum atomic E-state index is -0.435. The van der Waals surface area contributed by atoms with Crippen LogP contribution in [0.4, 0.5) is 4.79 Å². The predicted octanol–water partition coefficient (Wildman–Crippen LogP) is 5.42. The molecule has 4 rings (SSSR count). The summed E-state index contributed by atoms with van der Waals surface area (Å²) in [6.07, 6.45) is 1.56. The topological polar surface area (TPSA) is 62.6 Å². The lowest BCUT2D eigenvalue weighted by atomic mass is 10.1. The third-order valence-electron chi connectivity index (χ3n) is 4.73. The molecule has 1 aliphatic heterocycles. The van der Waals surface area contributed by atoms with Gasteiger partial charge in [-0.25, -0.2) is 4.79 Å². The second-order valence-corrected chi connectivity index (χ2v) is 7.90. The van der Waals surface area contributed by atoms with Crippen molar-refractivity contribution in [2.75, 3.05) is 0 Å². The maximum Gasteiger partial charge on any atom is 0.329 e. The van der Waals surface area contributed by atoms with Crippen LogP contribution in [0.15, 0.2) is 69.2 Å². The van der Waals surface area contributed by atoms with Crippen LogP contribution in [0.3, 0.4) is 0 Å². The zero-order chi connectivity index (χ0) is 20.5. The van der Waals surface area contributed by atoms with Crippen LogP contribution in [0.1, 0.15) is 22.5 Å². The molecule has 1 aromatic heterocycles. The van der Waals surface area contributed by atoms with Crippen molar-refractivity contribution in [3.8, 4) is 11.3 Å². The normalized spacial score (nSPS) is 15.3. The molecule has 2 aromatic carbocycles. The number of amides is 3. The van der Waals surface area contributed by atoms with Crippen LogP contribution in [0.2, 0.25) is 0 Å². The molecule has 0 bridgehead atoms. The lowest BCUT2D eigenvalue weighted by Crippen LogP contribution is -2.30. The molecule has 1 fully saturated rings. The molecule has 0 aliphatic carbocycles. The smallest absolute Gasteiger partial charge is 0.329 e. The number of carbonyl (C=O) groups is 2. The third-order valence-corrected chi connectivity index (χ3v) is 5.38. The minimum absolute atomic E-state index is 0.200. The number of imide groups is 1. The Labute approximate surface area is 177 Å². The van der Waals surface area contributed by atoms with E-state index in [4.69, 9.17) is 4.42 Å². The fraction of sp³-hybridized carbons (Fsp3) is 0.130. The molecule has 0 unspecified atom stereocenters. The van der Waals surface area contributed by atoms with Gasteiger partial charge in [-0.1, -0.05) is 51.8 Å². The molecule has 0 radical (unpaired) electrons. The van der Waals surface area contributed by atoms with Crippen molar-refractivity contribution in [1.29, 1.82) is 0 Å². The van der Waals surface area contributed by atoms with Gasteiger partial charge in [-0.2, -0.15) is 0 Å². The summed E-state index contributed by atoms with van der Waals surface area (Å²) in [5.41, 5.74) is 4.28. The van der Waals surface area contributed by atoms with Crippen LogP contribution in [0.5, 0.6) is 0 Å². The molecule has 0 atom stereocenters. The Morgan fingerprint density at radius 1 is 1.00 bits per heavy atom. The van der Waals surface area contributed by atoms with Crippen molar-refractivity contribution >= 4 is 33.9 Å². The van der Waals surface area contributed by atoms with Gasteiger partial charge in [-0.05, 0) is 49.2 Å². The third kappa shape index (κ3) is 4.03. The van der Waals surface area contributed by atoms with E-state index in [1.807, 2.05) is 62.4 Å². The summed E-state index contributed by atoms with van der Waals surface area (Å²) in [5.74, 6) is 0.801. The average Bonchev–Trinajstić information content (AvgIpc) is 3.24. The number of nitrogens with zero attached hydrogens (tertiary/aromatic N) is 1. The van der Waals surface area contributed by atoms with Gasteiger partial charge in [0.25, 0.3) is 5.91 Å². The highest BCUT2D eigenvalue weighted by molar-refractivity contribution is 9.10. The highest BCUT2D eigenvalue weighted by Crippen LogP contribution is 2.31. The van der Waals surface area contributed by atoms with Crippen LogP contribution in [0, 0.1) is 13.8 Å². The number of carbonyl (C=O) groups excluding carboxylic acids is 2.